The van der Waals surface area contributed by atoms with Crippen molar-refractivity contribution in [3.05, 3.63) is 52.0 Å². The van der Waals surface area contributed by atoms with Crippen molar-refractivity contribution in [2.45, 2.75) is 6.92 Å². The molecule has 0 fully saturated rings. The van der Waals surface area contributed by atoms with Crippen LogP contribution in [0.15, 0.2) is 34.8 Å². The highest BCUT2D eigenvalue weighted by atomic mass is 79.9. The van der Waals surface area contributed by atoms with Gasteiger partial charge in [0.1, 0.15) is 17.2 Å². The number of aromatic amines is 1. The molecule has 19 heavy (non-hydrogen) atoms. The summed E-state index contributed by atoms with van der Waals surface area (Å²) in [5, 5.41) is 0. The summed E-state index contributed by atoms with van der Waals surface area (Å²) in [6.07, 6.45) is 0. The van der Waals surface area contributed by atoms with Gasteiger partial charge in [-0.1, -0.05) is 15.9 Å². The van der Waals surface area contributed by atoms with E-state index in [9.17, 15) is 8.78 Å². The summed E-state index contributed by atoms with van der Waals surface area (Å²) in [6, 6.07) is 7.83. The quantitative estimate of drug-likeness (QED) is 0.698. The number of imidazole rings is 1. The molecular formula is C14H9BrF2N2. The highest BCUT2D eigenvalue weighted by molar-refractivity contribution is 9.10. The topological polar surface area (TPSA) is 28.7 Å². The first kappa shape index (κ1) is 12.3. The van der Waals surface area contributed by atoms with E-state index in [1.54, 1.807) is 0 Å². The number of benzene rings is 2. The number of aromatic nitrogens is 2. The van der Waals surface area contributed by atoms with E-state index in [0.29, 0.717) is 11.3 Å². The third-order valence-corrected chi connectivity index (χ3v) is 3.28. The summed E-state index contributed by atoms with van der Waals surface area (Å²) < 4.78 is 27.7. The Morgan fingerprint density at radius 3 is 2.63 bits per heavy atom. The molecular weight excluding hydrogens is 314 g/mol. The number of fused-ring (bicyclic) bond motifs is 1. The summed E-state index contributed by atoms with van der Waals surface area (Å²) >= 11 is 3.40. The molecule has 0 aliphatic carbocycles. The zero-order valence-corrected chi connectivity index (χ0v) is 11.6. The van der Waals surface area contributed by atoms with Gasteiger partial charge in [0, 0.05) is 16.1 Å². The first-order chi connectivity index (χ1) is 9.02. The molecule has 0 aliphatic rings. The number of H-pyrrole nitrogens is 1. The Bertz CT molecular complexity index is 760. The zero-order valence-electron chi connectivity index (χ0n) is 9.97. The van der Waals surface area contributed by atoms with Crippen LogP contribution < -0.4 is 0 Å². The number of rotatable bonds is 1. The SMILES string of the molecule is Cc1cc(Br)cc(-c2nc3c(F)cc(F)cc3[nH]2)c1. The van der Waals surface area contributed by atoms with Crippen LogP contribution in [0.3, 0.4) is 0 Å². The van der Waals surface area contributed by atoms with Crippen molar-refractivity contribution in [3.8, 4) is 11.4 Å². The molecule has 0 aliphatic heterocycles. The maximum Gasteiger partial charge on any atom is 0.153 e. The lowest BCUT2D eigenvalue weighted by molar-refractivity contribution is 0.591. The smallest absolute Gasteiger partial charge is 0.153 e. The van der Waals surface area contributed by atoms with Crippen LogP contribution in [-0.4, -0.2) is 9.97 Å². The molecule has 2 nitrogen and oxygen atoms in total. The number of aryl methyl sites for hydroxylation is 1. The lowest BCUT2D eigenvalue weighted by Gasteiger charge is -2.00. The third kappa shape index (κ3) is 2.26. The molecule has 0 amide bonds. The predicted molar refractivity (Wildman–Crippen MR) is 73.9 cm³/mol. The van der Waals surface area contributed by atoms with E-state index >= 15 is 0 Å². The second-order valence-corrected chi connectivity index (χ2v) is 5.30. The van der Waals surface area contributed by atoms with Crippen molar-refractivity contribution < 1.29 is 8.78 Å². The van der Waals surface area contributed by atoms with Gasteiger partial charge in [0.25, 0.3) is 0 Å². The largest absolute Gasteiger partial charge is 0.338 e. The molecule has 0 unspecified atom stereocenters. The van der Waals surface area contributed by atoms with E-state index in [4.69, 9.17) is 0 Å². The Labute approximate surface area is 116 Å². The van der Waals surface area contributed by atoms with Crippen LogP contribution in [0.25, 0.3) is 22.4 Å². The molecule has 1 N–H and O–H groups in total. The van der Waals surface area contributed by atoms with Crippen molar-refractivity contribution >= 4 is 27.0 Å². The zero-order chi connectivity index (χ0) is 13.6. The Morgan fingerprint density at radius 2 is 1.89 bits per heavy atom. The second-order valence-electron chi connectivity index (χ2n) is 4.39. The van der Waals surface area contributed by atoms with Crippen LogP contribution in [-0.2, 0) is 0 Å². The van der Waals surface area contributed by atoms with Crippen molar-refractivity contribution in [2.75, 3.05) is 0 Å². The van der Waals surface area contributed by atoms with Crippen molar-refractivity contribution in [3.63, 3.8) is 0 Å². The molecule has 0 saturated carbocycles. The summed E-state index contributed by atoms with van der Waals surface area (Å²) in [5.41, 5.74) is 2.37. The van der Waals surface area contributed by atoms with Crippen LogP contribution in [0, 0.1) is 18.6 Å². The van der Waals surface area contributed by atoms with E-state index in [2.05, 4.69) is 25.9 Å². The fourth-order valence-corrected chi connectivity index (χ4v) is 2.66. The van der Waals surface area contributed by atoms with Crippen molar-refractivity contribution in [2.24, 2.45) is 0 Å². The number of halogens is 3. The summed E-state index contributed by atoms with van der Waals surface area (Å²) in [6.45, 7) is 1.96. The third-order valence-electron chi connectivity index (χ3n) is 2.82. The predicted octanol–water partition coefficient (Wildman–Crippen LogP) is 4.58. The maximum atomic E-state index is 13.6. The standard InChI is InChI=1S/C14H9BrF2N2/c1-7-2-8(4-9(15)3-7)14-18-12-6-10(16)5-11(17)13(12)19-14/h2-6H,1H3,(H,18,19). The normalized spacial score (nSPS) is 11.2. The summed E-state index contributed by atoms with van der Waals surface area (Å²) in [7, 11) is 0. The van der Waals surface area contributed by atoms with Crippen LogP contribution in [0.5, 0.6) is 0 Å². The molecule has 0 bridgehead atoms. The highest BCUT2D eigenvalue weighted by Gasteiger charge is 2.11. The van der Waals surface area contributed by atoms with Gasteiger partial charge < -0.3 is 4.98 Å². The van der Waals surface area contributed by atoms with Crippen LogP contribution in [0.1, 0.15) is 5.56 Å². The first-order valence-corrected chi connectivity index (χ1v) is 6.44. The second kappa shape index (κ2) is 4.42. The number of hydrogen-bond donors (Lipinski definition) is 1. The van der Waals surface area contributed by atoms with Gasteiger partial charge in [-0.3, -0.25) is 0 Å². The summed E-state index contributed by atoms with van der Waals surface area (Å²) in [5.74, 6) is -0.765. The van der Waals surface area contributed by atoms with E-state index in [0.717, 1.165) is 21.7 Å². The lowest BCUT2D eigenvalue weighted by atomic mass is 10.1. The minimum Gasteiger partial charge on any atom is -0.338 e. The lowest BCUT2D eigenvalue weighted by Crippen LogP contribution is -1.83. The molecule has 3 rings (SSSR count). The number of nitrogens with zero attached hydrogens (tertiary/aromatic N) is 1. The fraction of sp³-hybridized carbons (Fsp3) is 0.0714. The maximum absolute atomic E-state index is 13.6. The van der Waals surface area contributed by atoms with Crippen molar-refractivity contribution in [1.82, 2.24) is 9.97 Å². The van der Waals surface area contributed by atoms with Gasteiger partial charge in [-0.15, -0.1) is 0 Å². The molecule has 0 saturated heterocycles. The molecule has 0 atom stereocenters. The van der Waals surface area contributed by atoms with Gasteiger partial charge in [0.2, 0.25) is 0 Å². The van der Waals surface area contributed by atoms with E-state index in [-0.39, 0.29) is 5.52 Å². The van der Waals surface area contributed by atoms with Gasteiger partial charge in [0.15, 0.2) is 5.82 Å². The fourth-order valence-electron chi connectivity index (χ4n) is 2.05. The minimum atomic E-state index is -0.663. The Kier molecular flexibility index (Phi) is 2.86. The molecule has 1 heterocycles. The molecule has 0 radical (unpaired) electrons. The minimum absolute atomic E-state index is 0.147. The Balaban J connectivity index is 2.23. The van der Waals surface area contributed by atoms with Crippen LogP contribution in [0.4, 0.5) is 8.78 Å². The van der Waals surface area contributed by atoms with Crippen LogP contribution in [0.2, 0.25) is 0 Å². The van der Waals surface area contributed by atoms with E-state index in [1.165, 1.54) is 6.07 Å². The molecule has 2 aromatic carbocycles. The van der Waals surface area contributed by atoms with Gasteiger partial charge in [-0.2, -0.15) is 0 Å². The monoisotopic (exact) mass is 322 g/mol. The van der Waals surface area contributed by atoms with E-state index < -0.39 is 11.6 Å². The average molecular weight is 323 g/mol. The van der Waals surface area contributed by atoms with Gasteiger partial charge in [-0.05, 0) is 36.8 Å². The van der Waals surface area contributed by atoms with Gasteiger partial charge >= 0.3 is 0 Å². The van der Waals surface area contributed by atoms with Crippen molar-refractivity contribution in [1.29, 1.82) is 0 Å². The number of hydrogen-bond acceptors (Lipinski definition) is 1. The van der Waals surface area contributed by atoms with Gasteiger partial charge in [0.05, 0.1) is 5.52 Å². The van der Waals surface area contributed by atoms with Crippen LogP contribution >= 0.6 is 15.9 Å². The molecule has 96 valence electrons. The Morgan fingerprint density at radius 1 is 1.11 bits per heavy atom. The van der Waals surface area contributed by atoms with Gasteiger partial charge in [-0.25, -0.2) is 13.8 Å². The Hall–Kier alpha value is -1.75. The molecule has 0 spiro atoms. The average Bonchev–Trinajstić information content (AvgIpc) is 2.71. The van der Waals surface area contributed by atoms with E-state index in [1.807, 2.05) is 25.1 Å². The first-order valence-electron chi connectivity index (χ1n) is 5.65. The molecule has 1 aromatic heterocycles. The summed E-state index contributed by atoms with van der Waals surface area (Å²) in [4.78, 5) is 7.12. The molecule has 5 heteroatoms. The molecule has 3 aromatic rings. The number of nitrogens with one attached hydrogen (secondary N) is 1. The highest BCUT2D eigenvalue weighted by Crippen LogP contribution is 2.26.